The molecule has 24 heavy (non-hydrogen) atoms. The summed E-state index contributed by atoms with van der Waals surface area (Å²) in [6.07, 6.45) is -0.258. The standard InChI is InChI=1S/C15H20F2N2O4.ClH/c1-9-13(18-5-6-22-9)14(20)19-8-10-7-11(21-2)3-4-12(10)23-15(16)17;/h3-4,7,9,13,15,18H,5-6,8H2,1-2H3,(H,19,20);1H/t9-,13+;/m1./s1. The van der Waals surface area contributed by atoms with Crippen molar-refractivity contribution in [1.82, 2.24) is 10.6 Å². The SMILES string of the molecule is COc1ccc(OC(F)F)c(CNC(=O)[C@H]2NCCO[C@@H]2C)c1.Cl. The minimum atomic E-state index is -2.94. The van der Waals surface area contributed by atoms with Crippen molar-refractivity contribution in [2.45, 2.75) is 32.2 Å². The number of nitrogens with one attached hydrogen (secondary N) is 2. The van der Waals surface area contributed by atoms with Gasteiger partial charge in [-0.25, -0.2) is 0 Å². The van der Waals surface area contributed by atoms with Gasteiger partial charge in [0.25, 0.3) is 0 Å². The molecule has 1 aromatic rings. The van der Waals surface area contributed by atoms with Gasteiger partial charge in [-0.1, -0.05) is 0 Å². The minimum Gasteiger partial charge on any atom is -0.497 e. The summed E-state index contributed by atoms with van der Waals surface area (Å²) in [5, 5.41) is 5.76. The first-order valence-electron chi connectivity index (χ1n) is 7.25. The lowest BCUT2D eigenvalue weighted by atomic mass is 10.1. The van der Waals surface area contributed by atoms with Crippen LogP contribution in [0.2, 0.25) is 0 Å². The molecule has 0 radical (unpaired) electrons. The Morgan fingerprint density at radius 3 is 2.88 bits per heavy atom. The molecule has 1 amide bonds. The van der Waals surface area contributed by atoms with Crippen molar-refractivity contribution < 1.29 is 27.8 Å². The number of morpholine rings is 1. The van der Waals surface area contributed by atoms with Gasteiger partial charge in [0, 0.05) is 18.7 Å². The van der Waals surface area contributed by atoms with Gasteiger partial charge in [-0.2, -0.15) is 8.78 Å². The Morgan fingerprint density at radius 1 is 1.50 bits per heavy atom. The summed E-state index contributed by atoms with van der Waals surface area (Å²) >= 11 is 0. The monoisotopic (exact) mass is 366 g/mol. The number of amides is 1. The topological polar surface area (TPSA) is 68.8 Å². The summed E-state index contributed by atoms with van der Waals surface area (Å²) in [5.41, 5.74) is 0.405. The van der Waals surface area contributed by atoms with E-state index in [9.17, 15) is 13.6 Å². The maximum atomic E-state index is 12.5. The molecular weight excluding hydrogens is 346 g/mol. The summed E-state index contributed by atoms with van der Waals surface area (Å²) in [7, 11) is 1.47. The quantitative estimate of drug-likeness (QED) is 0.802. The maximum Gasteiger partial charge on any atom is 0.387 e. The Kier molecular flexibility index (Phi) is 8.17. The zero-order valence-electron chi connectivity index (χ0n) is 13.4. The van der Waals surface area contributed by atoms with Crippen LogP contribution in [0.4, 0.5) is 8.78 Å². The van der Waals surface area contributed by atoms with E-state index in [-0.39, 0.29) is 36.7 Å². The van der Waals surface area contributed by atoms with E-state index in [1.807, 2.05) is 0 Å². The van der Waals surface area contributed by atoms with Gasteiger partial charge in [-0.15, -0.1) is 12.4 Å². The second kappa shape index (κ2) is 9.61. The molecule has 136 valence electrons. The van der Waals surface area contributed by atoms with E-state index in [0.717, 1.165) is 0 Å². The normalized spacial score (nSPS) is 20.2. The van der Waals surface area contributed by atoms with E-state index in [0.29, 0.717) is 24.5 Å². The van der Waals surface area contributed by atoms with Crippen LogP contribution in [0.1, 0.15) is 12.5 Å². The molecule has 0 aromatic heterocycles. The molecule has 2 rings (SSSR count). The molecule has 0 saturated carbocycles. The zero-order valence-corrected chi connectivity index (χ0v) is 14.2. The molecule has 1 saturated heterocycles. The van der Waals surface area contributed by atoms with Crippen LogP contribution < -0.4 is 20.1 Å². The van der Waals surface area contributed by atoms with Gasteiger partial charge in [0.15, 0.2) is 0 Å². The number of alkyl halides is 2. The van der Waals surface area contributed by atoms with Crippen LogP contribution >= 0.6 is 12.4 Å². The van der Waals surface area contributed by atoms with Crippen molar-refractivity contribution in [3.63, 3.8) is 0 Å². The van der Waals surface area contributed by atoms with Gasteiger partial charge in [0.2, 0.25) is 5.91 Å². The molecule has 1 fully saturated rings. The van der Waals surface area contributed by atoms with Crippen molar-refractivity contribution in [2.75, 3.05) is 20.3 Å². The van der Waals surface area contributed by atoms with Crippen molar-refractivity contribution in [3.8, 4) is 11.5 Å². The summed E-state index contributed by atoms with van der Waals surface area (Å²) in [5.74, 6) is 0.230. The number of ether oxygens (including phenoxy) is 3. The largest absolute Gasteiger partial charge is 0.497 e. The predicted molar refractivity (Wildman–Crippen MR) is 85.9 cm³/mol. The van der Waals surface area contributed by atoms with Crippen molar-refractivity contribution in [2.24, 2.45) is 0 Å². The number of carbonyl (C=O) groups is 1. The fourth-order valence-electron chi connectivity index (χ4n) is 2.35. The highest BCUT2D eigenvalue weighted by atomic mass is 35.5. The second-order valence-electron chi connectivity index (χ2n) is 5.08. The zero-order chi connectivity index (χ0) is 16.8. The molecule has 1 aromatic carbocycles. The highest BCUT2D eigenvalue weighted by molar-refractivity contribution is 5.85. The molecule has 0 bridgehead atoms. The fraction of sp³-hybridized carbons (Fsp3) is 0.533. The lowest BCUT2D eigenvalue weighted by Gasteiger charge is -2.29. The van der Waals surface area contributed by atoms with Crippen LogP contribution in [0.5, 0.6) is 11.5 Å². The van der Waals surface area contributed by atoms with Crippen molar-refractivity contribution in [1.29, 1.82) is 0 Å². The second-order valence-corrected chi connectivity index (χ2v) is 5.08. The smallest absolute Gasteiger partial charge is 0.387 e. The maximum absolute atomic E-state index is 12.5. The molecule has 1 aliphatic rings. The third kappa shape index (κ3) is 5.47. The number of carbonyl (C=O) groups excluding carboxylic acids is 1. The van der Waals surface area contributed by atoms with Crippen molar-refractivity contribution >= 4 is 18.3 Å². The Bertz CT molecular complexity index is 548. The molecule has 0 unspecified atom stereocenters. The molecule has 0 aliphatic carbocycles. The van der Waals surface area contributed by atoms with E-state index in [2.05, 4.69) is 15.4 Å². The number of hydrogen-bond acceptors (Lipinski definition) is 5. The van der Waals surface area contributed by atoms with Crippen LogP contribution in [0.3, 0.4) is 0 Å². The van der Waals surface area contributed by atoms with E-state index in [1.54, 1.807) is 13.0 Å². The van der Waals surface area contributed by atoms with E-state index in [4.69, 9.17) is 9.47 Å². The summed E-state index contributed by atoms with van der Waals surface area (Å²) in [6.45, 7) is 0.0384. The average molecular weight is 367 g/mol. The molecule has 0 spiro atoms. The highest BCUT2D eigenvalue weighted by Crippen LogP contribution is 2.25. The lowest BCUT2D eigenvalue weighted by Crippen LogP contribution is -2.55. The summed E-state index contributed by atoms with van der Waals surface area (Å²) in [6, 6.07) is 3.97. The van der Waals surface area contributed by atoms with Crippen LogP contribution in [0.25, 0.3) is 0 Å². The third-order valence-electron chi connectivity index (χ3n) is 3.54. The number of hydrogen-bond donors (Lipinski definition) is 2. The lowest BCUT2D eigenvalue weighted by molar-refractivity contribution is -0.129. The Hall–Kier alpha value is -1.64. The first-order valence-corrected chi connectivity index (χ1v) is 7.25. The molecular formula is C15H21ClF2N2O4. The van der Waals surface area contributed by atoms with Crippen molar-refractivity contribution in [3.05, 3.63) is 23.8 Å². The highest BCUT2D eigenvalue weighted by Gasteiger charge is 2.28. The van der Waals surface area contributed by atoms with E-state index < -0.39 is 12.7 Å². The van der Waals surface area contributed by atoms with Gasteiger partial charge in [-0.3, -0.25) is 4.79 Å². The Labute approximate surface area is 145 Å². The van der Waals surface area contributed by atoms with E-state index >= 15 is 0 Å². The summed E-state index contributed by atoms with van der Waals surface area (Å²) in [4.78, 5) is 12.2. The van der Waals surface area contributed by atoms with Gasteiger partial charge >= 0.3 is 6.61 Å². The number of methoxy groups -OCH3 is 1. The van der Waals surface area contributed by atoms with E-state index in [1.165, 1.54) is 19.2 Å². The first-order chi connectivity index (χ1) is 11.0. The average Bonchev–Trinajstić information content (AvgIpc) is 2.53. The van der Waals surface area contributed by atoms with Crippen LogP contribution in [-0.4, -0.2) is 44.9 Å². The van der Waals surface area contributed by atoms with Gasteiger partial charge in [0.05, 0.1) is 19.8 Å². The fourth-order valence-corrected chi connectivity index (χ4v) is 2.35. The van der Waals surface area contributed by atoms with Crippen LogP contribution in [-0.2, 0) is 16.1 Å². The number of rotatable bonds is 6. The number of halogens is 3. The summed E-state index contributed by atoms with van der Waals surface area (Å²) < 4.78 is 39.9. The predicted octanol–water partition coefficient (Wildman–Crippen LogP) is 1.71. The van der Waals surface area contributed by atoms with Crippen LogP contribution in [0.15, 0.2) is 18.2 Å². The van der Waals surface area contributed by atoms with Gasteiger partial charge in [-0.05, 0) is 25.1 Å². The van der Waals surface area contributed by atoms with Gasteiger partial charge in [0.1, 0.15) is 17.5 Å². The molecule has 2 atom stereocenters. The third-order valence-corrected chi connectivity index (χ3v) is 3.54. The molecule has 1 heterocycles. The minimum absolute atomic E-state index is 0. The van der Waals surface area contributed by atoms with Gasteiger partial charge < -0.3 is 24.8 Å². The Balaban J connectivity index is 0.00000288. The molecule has 1 aliphatic heterocycles. The molecule has 6 nitrogen and oxygen atoms in total. The molecule has 9 heteroatoms. The van der Waals surface area contributed by atoms with Crippen LogP contribution in [0, 0.1) is 0 Å². The Morgan fingerprint density at radius 2 is 2.25 bits per heavy atom. The molecule has 2 N–H and O–H groups in total. The first kappa shape index (κ1) is 20.4. The number of benzene rings is 1.